The summed E-state index contributed by atoms with van der Waals surface area (Å²) in [5.41, 5.74) is 3.91. The predicted octanol–water partition coefficient (Wildman–Crippen LogP) is 7.63. The fourth-order valence-corrected chi connectivity index (χ4v) is 6.13. The highest BCUT2D eigenvalue weighted by Crippen LogP contribution is 2.33. The van der Waals surface area contributed by atoms with Gasteiger partial charge in [0.15, 0.2) is 5.76 Å². The molecule has 0 atom stereocenters. The van der Waals surface area contributed by atoms with E-state index in [0.29, 0.717) is 52.5 Å². The summed E-state index contributed by atoms with van der Waals surface area (Å²) in [5, 5.41) is 4.48. The lowest BCUT2D eigenvalue weighted by atomic mass is 10.1. The summed E-state index contributed by atoms with van der Waals surface area (Å²) in [6.45, 7) is 5.08. The molecule has 6 aromatic rings. The second-order valence-electron chi connectivity index (χ2n) is 12.2. The first-order valence-electron chi connectivity index (χ1n) is 16.2. The van der Waals surface area contributed by atoms with Gasteiger partial charge in [-0.2, -0.15) is 8.42 Å². The van der Waals surface area contributed by atoms with E-state index < -0.39 is 10.1 Å². The molecule has 0 bridgehead atoms. The molecule has 0 unspecified atom stereocenters. The molecule has 0 saturated carbocycles. The SMILES string of the molecule is CN1CCN(C(=O)c2ccc(-c3ccc4ncnc(Nc5ccc(OCc6cccc(F)c6)c(Cl)c5)c4c3)o2)CC1.Cc1ccc(S(=O)(=O)O)cc1. The van der Waals surface area contributed by atoms with Crippen LogP contribution >= 0.6 is 11.6 Å². The zero-order valence-electron chi connectivity index (χ0n) is 28.3. The maximum atomic E-state index is 13.5. The first-order valence-corrected chi connectivity index (χ1v) is 18.1. The van der Waals surface area contributed by atoms with Crippen molar-refractivity contribution in [3.8, 4) is 17.1 Å². The number of carbonyl (C=O) groups excluding carboxylic acids is 1. The van der Waals surface area contributed by atoms with Gasteiger partial charge < -0.3 is 24.3 Å². The fourth-order valence-electron chi connectivity index (χ4n) is 5.41. The Kier molecular flexibility index (Phi) is 11.2. The van der Waals surface area contributed by atoms with E-state index in [1.165, 1.54) is 30.6 Å². The van der Waals surface area contributed by atoms with Crippen LogP contribution in [-0.2, 0) is 16.7 Å². The van der Waals surface area contributed by atoms with E-state index in [0.717, 1.165) is 35.1 Å². The Morgan fingerprint density at radius 2 is 1.73 bits per heavy atom. The summed E-state index contributed by atoms with van der Waals surface area (Å²) in [4.78, 5) is 25.7. The number of piperazine rings is 1. The van der Waals surface area contributed by atoms with Gasteiger partial charge in [0.05, 0.1) is 15.4 Å². The maximum absolute atomic E-state index is 13.5. The lowest BCUT2D eigenvalue weighted by Gasteiger charge is -2.31. The molecule has 1 aliphatic heterocycles. The van der Waals surface area contributed by atoms with E-state index in [1.54, 1.807) is 42.5 Å². The Bertz CT molecular complexity index is 2310. The molecule has 2 aromatic heterocycles. The summed E-state index contributed by atoms with van der Waals surface area (Å²) in [5.74, 6) is 1.56. The summed E-state index contributed by atoms with van der Waals surface area (Å²) in [7, 11) is -1.97. The Balaban J connectivity index is 0.000000362. The molecule has 4 aromatic carbocycles. The van der Waals surface area contributed by atoms with Gasteiger partial charge in [-0.3, -0.25) is 9.35 Å². The lowest BCUT2D eigenvalue weighted by Crippen LogP contribution is -2.47. The summed E-state index contributed by atoms with van der Waals surface area (Å²) >= 11 is 6.49. The number of anilines is 2. The first-order chi connectivity index (χ1) is 24.9. The first kappa shape index (κ1) is 36.5. The molecule has 1 aliphatic rings. The van der Waals surface area contributed by atoms with Crippen molar-refractivity contribution in [2.75, 3.05) is 38.5 Å². The molecule has 1 amide bonds. The van der Waals surface area contributed by atoms with Gasteiger partial charge in [-0.05, 0) is 92.3 Å². The molecule has 0 aliphatic carbocycles. The maximum Gasteiger partial charge on any atom is 0.294 e. The van der Waals surface area contributed by atoms with Crippen molar-refractivity contribution in [1.29, 1.82) is 0 Å². The quantitative estimate of drug-likeness (QED) is 0.150. The van der Waals surface area contributed by atoms with E-state index >= 15 is 0 Å². The van der Waals surface area contributed by atoms with Crippen LogP contribution < -0.4 is 10.1 Å². The number of nitrogens with one attached hydrogen (secondary N) is 1. The van der Waals surface area contributed by atoms with Crippen LogP contribution in [-0.4, -0.2) is 71.9 Å². The lowest BCUT2D eigenvalue weighted by molar-refractivity contribution is 0.0633. The number of halogens is 2. The van der Waals surface area contributed by atoms with Gasteiger partial charge in [0, 0.05) is 42.8 Å². The van der Waals surface area contributed by atoms with Crippen LogP contribution in [0.15, 0.2) is 113 Å². The Morgan fingerprint density at radius 1 is 0.962 bits per heavy atom. The number of benzene rings is 4. The highest BCUT2D eigenvalue weighted by molar-refractivity contribution is 7.85. The van der Waals surface area contributed by atoms with Crippen molar-refractivity contribution in [2.24, 2.45) is 0 Å². The van der Waals surface area contributed by atoms with Gasteiger partial charge in [0.2, 0.25) is 0 Å². The number of hydrogen-bond donors (Lipinski definition) is 2. The van der Waals surface area contributed by atoms with Crippen LogP contribution in [0.5, 0.6) is 5.75 Å². The summed E-state index contributed by atoms with van der Waals surface area (Å²) in [6, 6.07) is 26.8. The number of hydrogen-bond acceptors (Lipinski definition) is 9. The van der Waals surface area contributed by atoms with Crippen molar-refractivity contribution in [3.05, 3.63) is 131 Å². The van der Waals surface area contributed by atoms with E-state index in [1.807, 2.05) is 42.2 Å². The molecule has 0 spiro atoms. The zero-order chi connectivity index (χ0) is 36.8. The van der Waals surface area contributed by atoms with E-state index in [9.17, 15) is 17.6 Å². The molecular formula is C38H35ClFN5O6S. The molecule has 52 heavy (non-hydrogen) atoms. The average molecular weight is 744 g/mol. The van der Waals surface area contributed by atoms with Crippen molar-refractivity contribution in [3.63, 3.8) is 0 Å². The fraction of sp³-hybridized carbons (Fsp3) is 0.184. The monoisotopic (exact) mass is 743 g/mol. The van der Waals surface area contributed by atoms with Gasteiger partial charge in [0.1, 0.15) is 36.1 Å². The third-order valence-electron chi connectivity index (χ3n) is 8.32. The topological polar surface area (TPSA) is 138 Å². The Hall–Kier alpha value is -5.34. The molecule has 11 nitrogen and oxygen atoms in total. The molecule has 1 saturated heterocycles. The normalized spacial score (nSPS) is 13.4. The highest BCUT2D eigenvalue weighted by atomic mass is 35.5. The number of ether oxygens (including phenoxy) is 1. The zero-order valence-corrected chi connectivity index (χ0v) is 29.9. The van der Waals surface area contributed by atoms with Crippen LogP contribution in [0.4, 0.5) is 15.9 Å². The summed E-state index contributed by atoms with van der Waals surface area (Å²) < 4.78 is 54.8. The number of carbonyl (C=O) groups is 1. The third-order valence-corrected chi connectivity index (χ3v) is 9.49. The number of amides is 1. The molecule has 2 N–H and O–H groups in total. The van der Waals surface area contributed by atoms with Gasteiger partial charge in [-0.15, -0.1) is 0 Å². The molecule has 268 valence electrons. The number of rotatable bonds is 8. The second kappa shape index (κ2) is 15.9. The number of likely N-dealkylation sites (N-methyl/N-ethyl adjacent to an activating group) is 1. The number of aromatic nitrogens is 2. The van der Waals surface area contributed by atoms with Gasteiger partial charge in [0.25, 0.3) is 16.0 Å². The van der Waals surface area contributed by atoms with Crippen molar-refractivity contribution < 1.29 is 31.3 Å². The standard InChI is InChI=1S/C31H27ClFN5O3.C7H8O3S/c1-37-11-13-38(14-12-37)31(39)29-10-9-27(41-29)21-5-7-26-24(16-21)30(35-19-34-26)36-23-6-8-28(25(32)17-23)40-18-20-3-2-4-22(33)15-20;1-6-2-4-7(5-3-6)11(8,9)10/h2-10,15-17,19H,11-14,18H2,1H3,(H,34,35,36);2-5H,1H3,(H,8,9,10). The third kappa shape index (κ3) is 9.11. The van der Waals surface area contributed by atoms with E-state index in [2.05, 4.69) is 27.2 Å². The number of nitrogens with zero attached hydrogens (tertiary/aromatic N) is 4. The van der Waals surface area contributed by atoms with Gasteiger partial charge in [-0.1, -0.05) is 41.4 Å². The van der Waals surface area contributed by atoms with Crippen LogP contribution in [0.3, 0.4) is 0 Å². The smallest absolute Gasteiger partial charge is 0.294 e. The molecule has 7 rings (SSSR count). The Morgan fingerprint density at radius 3 is 2.44 bits per heavy atom. The minimum absolute atomic E-state index is 0.0666. The van der Waals surface area contributed by atoms with Crippen molar-refractivity contribution >= 4 is 50.0 Å². The van der Waals surface area contributed by atoms with Crippen LogP contribution in [0.2, 0.25) is 5.02 Å². The van der Waals surface area contributed by atoms with Crippen molar-refractivity contribution in [1.82, 2.24) is 19.8 Å². The molecule has 0 radical (unpaired) electrons. The summed E-state index contributed by atoms with van der Waals surface area (Å²) in [6.07, 6.45) is 1.49. The molecule has 3 heterocycles. The molecular weight excluding hydrogens is 709 g/mol. The van der Waals surface area contributed by atoms with Crippen molar-refractivity contribution in [2.45, 2.75) is 18.4 Å². The van der Waals surface area contributed by atoms with E-state index in [-0.39, 0.29) is 23.2 Å². The molecule has 14 heteroatoms. The van der Waals surface area contributed by atoms with Crippen LogP contribution in [0.25, 0.3) is 22.2 Å². The number of fused-ring (bicyclic) bond motifs is 1. The Labute approximate surface area is 305 Å². The largest absolute Gasteiger partial charge is 0.487 e. The van der Waals surface area contributed by atoms with Gasteiger partial charge >= 0.3 is 0 Å². The number of furan rings is 1. The van der Waals surface area contributed by atoms with Crippen LogP contribution in [0, 0.1) is 12.7 Å². The highest BCUT2D eigenvalue weighted by Gasteiger charge is 2.23. The number of aryl methyl sites for hydroxylation is 1. The second-order valence-corrected chi connectivity index (χ2v) is 14.0. The predicted molar refractivity (Wildman–Crippen MR) is 197 cm³/mol. The minimum Gasteiger partial charge on any atom is -0.487 e. The van der Waals surface area contributed by atoms with E-state index in [4.69, 9.17) is 25.3 Å². The average Bonchev–Trinajstić information content (AvgIpc) is 3.62. The molecule has 1 fully saturated rings. The van der Waals surface area contributed by atoms with Gasteiger partial charge in [-0.25, -0.2) is 14.4 Å². The van der Waals surface area contributed by atoms with Crippen LogP contribution in [0.1, 0.15) is 21.7 Å². The minimum atomic E-state index is -4.02.